The fourth-order valence-electron chi connectivity index (χ4n) is 0.944. The molecule has 0 aliphatic heterocycles. The van der Waals surface area contributed by atoms with Crippen molar-refractivity contribution < 1.29 is 19.1 Å². The van der Waals surface area contributed by atoms with E-state index < -0.39 is 17.7 Å². The molecule has 0 fully saturated rings. The van der Waals surface area contributed by atoms with E-state index in [1.807, 2.05) is 0 Å². The predicted molar refractivity (Wildman–Crippen MR) is 47.7 cm³/mol. The normalized spacial score (nSPS) is 9.57. The number of amides is 1. The van der Waals surface area contributed by atoms with Gasteiger partial charge in [-0.1, -0.05) is 0 Å². The van der Waals surface area contributed by atoms with Gasteiger partial charge in [0.25, 0.3) is 0 Å². The zero-order valence-corrected chi connectivity index (χ0v) is 7.37. The maximum atomic E-state index is 13.0. The summed E-state index contributed by atoms with van der Waals surface area (Å²) in [6.07, 6.45) is 0. The minimum atomic E-state index is -1.17. The molecule has 5 heteroatoms. The summed E-state index contributed by atoms with van der Waals surface area (Å²) in [6, 6.07) is 3.19. The first-order valence-electron chi connectivity index (χ1n) is 3.81. The number of halogens is 1. The van der Waals surface area contributed by atoms with Gasteiger partial charge in [-0.05, 0) is 18.2 Å². The number of carbonyl (C=O) groups excluding carboxylic acids is 1. The molecule has 0 bridgehead atoms. The monoisotopic (exact) mass is 197 g/mol. The van der Waals surface area contributed by atoms with Crippen LogP contribution in [0.4, 0.5) is 10.1 Å². The fraction of sp³-hybridized carbons (Fsp3) is 0.111. The Morgan fingerprint density at radius 1 is 1.43 bits per heavy atom. The third-order valence-electron chi connectivity index (χ3n) is 1.52. The van der Waals surface area contributed by atoms with Crippen molar-refractivity contribution in [1.29, 1.82) is 0 Å². The van der Waals surface area contributed by atoms with Crippen molar-refractivity contribution in [3.8, 4) is 0 Å². The molecule has 2 N–H and O–H groups in total. The molecule has 1 aromatic carbocycles. The number of carboxylic acids is 1. The molecule has 1 amide bonds. The third-order valence-corrected chi connectivity index (χ3v) is 1.52. The number of hydrogen-bond donors (Lipinski definition) is 2. The Morgan fingerprint density at radius 2 is 2.07 bits per heavy atom. The Labute approximate surface area is 79.4 Å². The van der Waals surface area contributed by atoms with Gasteiger partial charge in [-0.15, -0.1) is 0 Å². The summed E-state index contributed by atoms with van der Waals surface area (Å²) in [5.41, 5.74) is -0.201. The first-order valence-corrected chi connectivity index (χ1v) is 3.81. The van der Waals surface area contributed by atoms with Gasteiger partial charge in [0.2, 0.25) is 5.91 Å². The van der Waals surface area contributed by atoms with E-state index in [0.29, 0.717) is 0 Å². The van der Waals surface area contributed by atoms with Crippen LogP contribution in [0, 0.1) is 5.82 Å². The minimum absolute atomic E-state index is 0.0739. The van der Waals surface area contributed by atoms with Crippen LogP contribution in [0.25, 0.3) is 0 Å². The van der Waals surface area contributed by atoms with Crippen LogP contribution in [-0.2, 0) is 4.79 Å². The average Bonchev–Trinajstić information content (AvgIpc) is 2.07. The summed E-state index contributed by atoms with van der Waals surface area (Å²) in [4.78, 5) is 21.1. The maximum Gasteiger partial charge on any atom is 0.335 e. The number of hydrogen-bond acceptors (Lipinski definition) is 2. The number of anilines is 1. The van der Waals surface area contributed by atoms with Gasteiger partial charge in [0.15, 0.2) is 0 Å². The molecule has 14 heavy (non-hydrogen) atoms. The minimum Gasteiger partial charge on any atom is -0.478 e. The Bertz CT molecular complexity index is 390. The van der Waals surface area contributed by atoms with E-state index in [4.69, 9.17) is 5.11 Å². The second-order valence-electron chi connectivity index (χ2n) is 2.68. The van der Waals surface area contributed by atoms with Crippen molar-refractivity contribution in [2.75, 3.05) is 5.32 Å². The molecule has 74 valence electrons. The lowest BCUT2D eigenvalue weighted by Crippen LogP contribution is -2.08. The van der Waals surface area contributed by atoms with Crippen molar-refractivity contribution in [2.24, 2.45) is 0 Å². The molecule has 0 aliphatic carbocycles. The van der Waals surface area contributed by atoms with Gasteiger partial charge < -0.3 is 10.4 Å². The third kappa shape index (κ3) is 2.29. The summed E-state index contributed by atoms with van der Waals surface area (Å²) in [6.45, 7) is 1.22. The van der Waals surface area contributed by atoms with Gasteiger partial charge in [0.05, 0.1) is 11.3 Å². The van der Waals surface area contributed by atoms with Gasteiger partial charge in [0.1, 0.15) is 5.82 Å². The van der Waals surface area contributed by atoms with Crippen LogP contribution in [0.5, 0.6) is 0 Å². The van der Waals surface area contributed by atoms with Crippen LogP contribution < -0.4 is 5.32 Å². The van der Waals surface area contributed by atoms with Crippen LogP contribution >= 0.6 is 0 Å². The molecular formula is C9H8FNO3. The lowest BCUT2D eigenvalue weighted by molar-refractivity contribution is -0.114. The van der Waals surface area contributed by atoms with E-state index in [1.54, 1.807) is 0 Å². The highest BCUT2D eigenvalue weighted by molar-refractivity contribution is 5.92. The van der Waals surface area contributed by atoms with E-state index in [-0.39, 0.29) is 11.3 Å². The van der Waals surface area contributed by atoms with E-state index in [1.165, 1.54) is 6.92 Å². The average molecular weight is 197 g/mol. The summed E-state index contributed by atoms with van der Waals surface area (Å²) >= 11 is 0. The van der Waals surface area contributed by atoms with Crippen LogP contribution in [0.1, 0.15) is 17.3 Å². The van der Waals surface area contributed by atoms with Gasteiger partial charge in [-0.3, -0.25) is 4.79 Å². The molecule has 1 rings (SSSR count). The quantitative estimate of drug-likeness (QED) is 0.754. The molecule has 0 saturated carbocycles. The lowest BCUT2D eigenvalue weighted by atomic mass is 10.2. The van der Waals surface area contributed by atoms with E-state index in [9.17, 15) is 14.0 Å². The van der Waals surface area contributed by atoms with Gasteiger partial charge in [-0.25, -0.2) is 9.18 Å². The first kappa shape index (κ1) is 10.2. The molecule has 1 aromatic rings. The highest BCUT2D eigenvalue weighted by Crippen LogP contribution is 2.15. The molecule has 0 saturated heterocycles. The van der Waals surface area contributed by atoms with Crippen molar-refractivity contribution in [3.63, 3.8) is 0 Å². The van der Waals surface area contributed by atoms with E-state index in [2.05, 4.69) is 5.32 Å². The molecular weight excluding hydrogens is 189 g/mol. The molecule has 0 aliphatic rings. The largest absolute Gasteiger partial charge is 0.478 e. The van der Waals surface area contributed by atoms with Gasteiger partial charge in [-0.2, -0.15) is 0 Å². The second kappa shape index (κ2) is 3.87. The molecule has 0 spiro atoms. The van der Waals surface area contributed by atoms with Crippen LogP contribution in [0.2, 0.25) is 0 Å². The Kier molecular flexibility index (Phi) is 2.81. The summed E-state index contributed by atoms with van der Waals surface area (Å²) in [7, 11) is 0. The Morgan fingerprint density at radius 3 is 2.57 bits per heavy atom. The number of aromatic carboxylic acids is 1. The number of nitrogens with one attached hydrogen (secondary N) is 1. The van der Waals surface area contributed by atoms with Gasteiger partial charge >= 0.3 is 5.97 Å². The van der Waals surface area contributed by atoms with Crippen molar-refractivity contribution in [3.05, 3.63) is 29.6 Å². The smallest absolute Gasteiger partial charge is 0.335 e. The zero-order valence-electron chi connectivity index (χ0n) is 7.37. The maximum absolute atomic E-state index is 13.0. The van der Waals surface area contributed by atoms with Crippen LogP contribution in [0.15, 0.2) is 18.2 Å². The SMILES string of the molecule is CC(=O)Nc1cc(C(=O)O)ccc1F. The molecule has 0 aromatic heterocycles. The number of rotatable bonds is 2. The molecule has 4 nitrogen and oxygen atoms in total. The van der Waals surface area contributed by atoms with Crippen LogP contribution in [0.3, 0.4) is 0 Å². The van der Waals surface area contributed by atoms with E-state index in [0.717, 1.165) is 18.2 Å². The summed E-state index contributed by atoms with van der Waals surface area (Å²) in [5.74, 6) is -2.28. The number of carboxylic acid groups (broad SMARTS) is 1. The second-order valence-corrected chi connectivity index (χ2v) is 2.68. The molecule has 0 radical (unpaired) electrons. The fourth-order valence-corrected chi connectivity index (χ4v) is 0.944. The van der Waals surface area contributed by atoms with Gasteiger partial charge in [0, 0.05) is 6.92 Å². The topological polar surface area (TPSA) is 66.4 Å². The number of benzene rings is 1. The van der Waals surface area contributed by atoms with Crippen LogP contribution in [-0.4, -0.2) is 17.0 Å². The number of carbonyl (C=O) groups is 2. The van der Waals surface area contributed by atoms with Crippen molar-refractivity contribution in [2.45, 2.75) is 6.92 Å². The highest BCUT2D eigenvalue weighted by atomic mass is 19.1. The molecule has 0 unspecified atom stereocenters. The first-order chi connectivity index (χ1) is 6.50. The Balaban J connectivity index is 3.08. The lowest BCUT2D eigenvalue weighted by Gasteiger charge is -2.04. The molecule has 0 heterocycles. The predicted octanol–water partition coefficient (Wildman–Crippen LogP) is 1.48. The van der Waals surface area contributed by atoms with Crippen molar-refractivity contribution in [1.82, 2.24) is 0 Å². The van der Waals surface area contributed by atoms with Crippen molar-refractivity contribution >= 4 is 17.6 Å². The highest BCUT2D eigenvalue weighted by Gasteiger charge is 2.08. The zero-order chi connectivity index (χ0) is 10.7. The summed E-state index contributed by atoms with van der Waals surface area (Å²) < 4.78 is 13.0. The molecule has 0 atom stereocenters. The van der Waals surface area contributed by atoms with E-state index >= 15 is 0 Å². The summed E-state index contributed by atoms with van der Waals surface area (Å²) in [5, 5.41) is 10.8. The Hall–Kier alpha value is -1.91. The standard InChI is InChI=1S/C9H8FNO3/c1-5(12)11-8-4-6(9(13)14)2-3-7(8)10/h2-4H,1H3,(H,11,12)(H,13,14).